The summed E-state index contributed by atoms with van der Waals surface area (Å²) in [6.45, 7) is 9.74. The van der Waals surface area contributed by atoms with Crippen LogP contribution in [-0.4, -0.2) is 12.7 Å². The molecule has 0 saturated heterocycles. The molecule has 0 aromatic heterocycles. The lowest BCUT2D eigenvalue weighted by Crippen LogP contribution is -2.27. The average molecular weight is 405 g/mol. The second-order valence-electron chi connectivity index (χ2n) is 8.16. The van der Waals surface area contributed by atoms with E-state index in [1.807, 2.05) is 74.5 Å². The number of para-hydroxylation sites is 1. The van der Waals surface area contributed by atoms with Crippen LogP contribution in [0.15, 0.2) is 78.9 Å². The van der Waals surface area contributed by atoms with E-state index < -0.39 is 0 Å². The van der Waals surface area contributed by atoms with Crippen LogP contribution in [0.3, 0.4) is 0 Å². The van der Waals surface area contributed by atoms with Gasteiger partial charge in [0.25, 0.3) is 0 Å². The summed E-state index contributed by atoms with van der Waals surface area (Å²) in [7, 11) is 0. The second kappa shape index (κ2) is 10.3. The van der Waals surface area contributed by atoms with E-state index in [9.17, 15) is 0 Å². The molecule has 3 rings (SSSR count). The molecule has 3 aromatic rings. The summed E-state index contributed by atoms with van der Waals surface area (Å²) in [5.74, 6) is 2.56. The Bertz CT molecular complexity index is 903. The van der Waals surface area contributed by atoms with Crippen molar-refractivity contribution in [3.8, 4) is 17.2 Å². The summed E-state index contributed by atoms with van der Waals surface area (Å²) in [5.41, 5.74) is 2.32. The quantitative estimate of drug-likeness (QED) is 0.359. The molecule has 3 aromatic carbocycles. The van der Waals surface area contributed by atoms with E-state index in [2.05, 4.69) is 32.0 Å². The topological polar surface area (TPSA) is 27.7 Å². The molecular weight excluding hydrogens is 372 g/mol. The molecule has 0 radical (unpaired) electrons. The SMILES string of the molecule is CCC(C)(COCc1cccc(Oc2ccccc2)c1)c1ccc(OC(C)C)cc1. The fraction of sp³-hybridized carbons (Fsp3) is 0.333. The zero-order valence-electron chi connectivity index (χ0n) is 18.4. The van der Waals surface area contributed by atoms with Gasteiger partial charge in [-0.15, -0.1) is 0 Å². The van der Waals surface area contributed by atoms with E-state index in [0.717, 1.165) is 29.2 Å². The van der Waals surface area contributed by atoms with Crippen LogP contribution in [0.25, 0.3) is 0 Å². The third kappa shape index (κ3) is 6.11. The molecule has 0 aliphatic carbocycles. The van der Waals surface area contributed by atoms with Crippen LogP contribution in [0.5, 0.6) is 17.2 Å². The Hall–Kier alpha value is -2.78. The van der Waals surface area contributed by atoms with E-state index in [1.54, 1.807) is 0 Å². The molecule has 0 fully saturated rings. The van der Waals surface area contributed by atoms with Crippen LogP contribution in [0.4, 0.5) is 0 Å². The Morgan fingerprint density at radius 3 is 2.17 bits per heavy atom. The summed E-state index contributed by atoms with van der Waals surface area (Å²) in [4.78, 5) is 0. The van der Waals surface area contributed by atoms with Crippen molar-refractivity contribution < 1.29 is 14.2 Å². The Morgan fingerprint density at radius 1 is 0.800 bits per heavy atom. The van der Waals surface area contributed by atoms with Crippen LogP contribution < -0.4 is 9.47 Å². The van der Waals surface area contributed by atoms with E-state index in [4.69, 9.17) is 14.2 Å². The van der Waals surface area contributed by atoms with Gasteiger partial charge in [-0.2, -0.15) is 0 Å². The molecule has 0 spiro atoms. The van der Waals surface area contributed by atoms with Gasteiger partial charge < -0.3 is 14.2 Å². The zero-order valence-corrected chi connectivity index (χ0v) is 18.4. The van der Waals surface area contributed by atoms with Crippen LogP contribution in [-0.2, 0) is 16.8 Å². The molecule has 3 heteroatoms. The third-order valence-electron chi connectivity index (χ3n) is 5.27. The maximum atomic E-state index is 6.14. The first kappa shape index (κ1) is 21.9. The van der Waals surface area contributed by atoms with E-state index in [0.29, 0.717) is 13.2 Å². The number of rotatable bonds is 10. The van der Waals surface area contributed by atoms with Crippen LogP contribution in [0.1, 0.15) is 45.2 Å². The van der Waals surface area contributed by atoms with Gasteiger partial charge in [0.2, 0.25) is 0 Å². The maximum absolute atomic E-state index is 6.14. The Kier molecular flexibility index (Phi) is 7.53. The first-order valence-electron chi connectivity index (χ1n) is 10.7. The minimum absolute atomic E-state index is 0.0471. The van der Waals surface area contributed by atoms with Gasteiger partial charge in [-0.25, -0.2) is 0 Å². The summed E-state index contributed by atoms with van der Waals surface area (Å²) in [5, 5.41) is 0. The zero-order chi connectivity index (χ0) is 21.4. The number of hydrogen-bond acceptors (Lipinski definition) is 3. The van der Waals surface area contributed by atoms with Crippen LogP contribution >= 0.6 is 0 Å². The second-order valence-corrected chi connectivity index (χ2v) is 8.16. The first-order valence-corrected chi connectivity index (χ1v) is 10.7. The fourth-order valence-electron chi connectivity index (χ4n) is 3.32. The molecule has 30 heavy (non-hydrogen) atoms. The van der Waals surface area contributed by atoms with Crippen molar-refractivity contribution in [2.24, 2.45) is 0 Å². The smallest absolute Gasteiger partial charge is 0.127 e. The van der Waals surface area contributed by atoms with E-state index in [1.165, 1.54) is 5.56 Å². The molecule has 1 atom stereocenters. The number of benzene rings is 3. The van der Waals surface area contributed by atoms with E-state index in [-0.39, 0.29) is 11.5 Å². The normalized spacial score (nSPS) is 13.1. The molecular formula is C27H32O3. The number of ether oxygens (including phenoxy) is 3. The molecule has 1 unspecified atom stereocenters. The Balaban J connectivity index is 1.59. The summed E-state index contributed by atoms with van der Waals surface area (Å²) >= 11 is 0. The van der Waals surface area contributed by atoms with Crippen molar-refractivity contribution in [3.63, 3.8) is 0 Å². The molecule has 158 valence electrons. The standard InChI is InChI=1S/C27H32O3/c1-5-27(4,23-14-16-25(17-15-23)29-21(2)3)20-28-19-22-10-9-13-26(18-22)30-24-11-7-6-8-12-24/h6-18,21H,5,19-20H2,1-4H3. The Labute approximate surface area is 180 Å². The van der Waals surface area contributed by atoms with Gasteiger partial charge in [0, 0.05) is 5.41 Å². The van der Waals surface area contributed by atoms with Crippen molar-refractivity contribution in [1.82, 2.24) is 0 Å². The van der Waals surface area contributed by atoms with Gasteiger partial charge in [-0.3, -0.25) is 0 Å². The third-order valence-corrected chi connectivity index (χ3v) is 5.27. The number of hydrogen-bond donors (Lipinski definition) is 0. The van der Waals surface area contributed by atoms with Crippen LogP contribution in [0.2, 0.25) is 0 Å². The molecule has 3 nitrogen and oxygen atoms in total. The summed E-state index contributed by atoms with van der Waals surface area (Å²) in [6, 6.07) is 26.3. The lowest BCUT2D eigenvalue weighted by atomic mass is 9.81. The van der Waals surface area contributed by atoms with Gasteiger partial charge in [0.15, 0.2) is 0 Å². The molecule has 0 saturated carbocycles. The van der Waals surface area contributed by atoms with Gasteiger partial charge in [0.1, 0.15) is 17.2 Å². The highest BCUT2D eigenvalue weighted by Crippen LogP contribution is 2.30. The Morgan fingerprint density at radius 2 is 1.50 bits per heavy atom. The van der Waals surface area contributed by atoms with Gasteiger partial charge in [0.05, 0.1) is 19.3 Å². The minimum atomic E-state index is -0.0471. The lowest BCUT2D eigenvalue weighted by Gasteiger charge is -2.29. The summed E-state index contributed by atoms with van der Waals surface area (Å²) in [6.07, 6.45) is 1.17. The van der Waals surface area contributed by atoms with Crippen molar-refractivity contribution in [2.75, 3.05) is 6.61 Å². The average Bonchev–Trinajstić information content (AvgIpc) is 2.75. The van der Waals surface area contributed by atoms with E-state index >= 15 is 0 Å². The molecule has 0 N–H and O–H groups in total. The highest BCUT2D eigenvalue weighted by molar-refractivity contribution is 5.34. The van der Waals surface area contributed by atoms with Gasteiger partial charge in [-0.1, -0.05) is 56.3 Å². The molecule has 0 aliphatic heterocycles. The molecule has 0 aliphatic rings. The van der Waals surface area contributed by atoms with Crippen molar-refractivity contribution in [3.05, 3.63) is 90.0 Å². The lowest BCUT2D eigenvalue weighted by molar-refractivity contribution is 0.0747. The minimum Gasteiger partial charge on any atom is -0.491 e. The summed E-state index contributed by atoms with van der Waals surface area (Å²) < 4.78 is 17.8. The maximum Gasteiger partial charge on any atom is 0.127 e. The van der Waals surface area contributed by atoms with Crippen molar-refractivity contribution in [2.45, 2.75) is 52.2 Å². The van der Waals surface area contributed by atoms with Crippen LogP contribution in [0, 0.1) is 0 Å². The molecule has 0 bridgehead atoms. The van der Waals surface area contributed by atoms with Crippen molar-refractivity contribution in [1.29, 1.82) is 0 Å². The highest BCUT2D eigenvalue weighted by Gasteiger charge is 2.25. The molecule has 0 amide bonds. The molecule has 0 heterocycles. The predicted octanol–water partition coefficient (Wildman–Crippen LogP) is 7.15. The predicted molar refractivity (Wildman–Crippen MR) is 122 cm³/mol. The fourth-order valence-corrected chi connectivity index (χ4v) is 3.32. The highest BCUT2D eigenvalue weighted by atomic mass is 16.5. The largest absolute Gasteiger partial charge is 0.491 e. The van der Waals surface area contributed by atoms with Gasteiger partial charge in [-0.05, 0) is 67.8 Å². The van der Waals surface area contributed by atoms with Gasteiger partial charge >= 0.3 is 0 Å². The van der Waals surface area contributed by atoms with Crippen molar-refractivity contribution >= 4 is 0 Å². The first-order chi connectivity index (χ1) is 14.5. The monoisotopic (exact) mass is 404 g/mol.